The molecule has 18 heavy (non-hydrogen) atoms. The molecule has 0 aliphatic carbocycles. The first kappa shape index (κ1) is 12.8. The number of benzene rings is 1. The van der Waals surface area contributed by atoms with Crippen molar-refractivity contribution in [1.82, 2.24) is 0 Å². The van der Waals surface area contributed by atoms with Gasteiger partial charge in [-0.2, -0.15) is 0 Å². The number of halogens is 2. The third-order valence-electron chi connectivity index (χ3n) is 3.06. The lowest BCUT2D eigenvalue weighted by Gasteiger charge is -2.37. The van der Waals surface area contributed by atoms with Crippen LogP contribution in [0, 0.1) is 17.0 Å². The van der Waals surface area contributed by atoms with E-state index in [1.54, 1.807) is 0 Å². The Hall–Kier alpha value is -1.69. The molecular formula is C12H12F2O4. The summed E-state index contributed by atoms with van der Waals surface area (Å²) in [4.78, 5) is 11.1. The summed E-state index contributed by atoms with van der Waals surface area (Å²) in [6, 6.07) is 1.89. The first-order valence-electron chi connectivity index (χ1n) is 5.31. The zero-order chi connectivity index (χ0) is 13.3. The molecule has 98 valence electrons. The molecule has 0 spiro atoms. The maximum absolute atomic E-state index is 13.7. The van der Waals surface area contributed by atoms with Crippen LogP contribution in [0.15, 0.2) is 12.1 Å². The van der Waals surface area contributed by atoms with Gasteiger partial charge in [-0.25, -0.2) is 8.78 Å². The van der Waals surface area contributed by atoms with Gasteiger partial charge in [-0.05, 0) is 18.1 Å². The van der Waals surface area contributed by atoms with Crippen LogP contribution in [0.1, 0.15) is 5.56 Å². The minimum atomic E-state index is -1.15. The summed E-state index contributed by atoms with van der Waals surface area (Å²) in [5.41, 5.74) is -1.14. The zero-order valence-electron chi connectivity index (χ0n) is 9.70. The van der Waals surface area contributed by atoms with Crippen LogP contribution in [-0.4, -0.2) is 31.4 Å². The molecule has 1 saturated heterocycles. The van der Waals surface area contributed by atoms with Crippen molar-refractivity contribution in [2.75, 3.05) is 20.3 Å². The van der Waals surface area contributed by atoms with Crippen LogP contribution < -0.4 is 4.74 Å². The van der Waals surface area contributed by atoms with Gasteiger partial charge in [0, 0.05) is 6.07 Å². The Morgan fingerprint density at radius 3 is 2.56 bits per heavy atom. The lowest BCUT2D eigenvalue weighted by Crippen LogP contribution is -2.50. The van der Waals surface area contributed by atoms with Crippen LogP contribution in [0.25, 0.3) is 0 Å². The summed E-state index contributed by atoms with van der Waals surface area (Å²) in [7, 11) is 1.23. The number of hydrogen-bond acceptors (Lipinski definition) is 3. The minimum absolute atomic E-state index is 0.00935. The van der Waals surface area contributed by atoms with Crippen LogP contribution in [0.4, 0.5) is 8.78 Å². The molecule has 2 rings (SSSR count). The fourth-order valence-corrected chi connectivity index (χ4v) is 1.88. The molecule has 4 nitrogen and oxygen atoms in total. The number of hydrogen-bond donors (Lipinski definition) is 1. The molecule has 6 heteroatoms. The van der Waals surface area contributed by atoms with Crippen molar-refractivity contribution >= 4 is 5.97 Å². The van der Waals surface area contributed by atoms with Crippen molar-refractivity contribution in [3.8, 4) is 5.75 Å². The Kier molecular flexibility index (Phi) is 3.21. The molecule has 1 N–H and O–H groups in total. The van der Waals surface area contributed by atoms with Gasteiger partial charge in [0.2, 0.25) is 0 Å². The SMILES string of the molecule is COc1cc(F)c(CC2(C(=O)O)COC2)cc1F. The van der Waals surface area contributed by atoms with E-state index in [1.165, 1.54) is 7.11 Å². The molecule has 0 bridgehead atoms. The highest BCUT2D eigenvalue weighted by Crippen LogP contribution is 2.34. The van der Waals surface area contributed by atoms with E-state index in [9.17, 15) is 13.6 Å². The Balaban J connectivity index is 2.29. The molecule has 1 aromatic carbocycles. The van der Waals surface area contributed by atoms with Crippen LogP contribution in [0.3, 0.4) is 0 Å². The molecule has 1 aliphatic rings. The minimum Gasteiger partial charge on any atom is -0.494 e. The van der Waals surface area contributed by atoms with Gasteiger partial charge in [-0.1, -0.05) is 0 Å². The lowest BCUT2D eigenvalue weighted by molar-refractivity contribution is -0.179. The molecular weight excluding hydrogens is 246 g/mol. The molecule has 1 aromatic rings. The van der Waals surface area contributed by atoms with Gasteiger partial charge in [0.25, 0.3) is 0 Å². The van der Waals surface area contributed by atoms with E-state index in [1.807, 2.05) is 0 Å². The van der Waals surface area contributed by atoms with E-state index in [4.69, 9.17) is 9.84 Å². The lowest BCUT2D eigenvalue weighted by atomic mass is 9.80. The Labute approximate surface area is 102 Å². The van der Waals surface area contributed by atoms with E-state index in [2.05, 4.69) is 4.74 Å². The molecule has 1 fully saturated rings. The highest BCUT2D eigenvalue weighted by molar-refractivity contribution is 5.76. The molecule has 0 unspecified atom stereocenters. The van der Waals surface area contributed by atoms with Gasteiger partial charge in [0.1, 0.15) is 11.2 Å². The van der Waals surface area contributed by atoms with Crippen molar-refractivity contribution in [1.29, 1.82) is 0 Å². The number of aliphatic carboxylic acids is 1. The highest BCUT2D eigenvalue weighted by atomic mass is 19.1. The number of carbonyl (C=O) groups is 1. The molecule has 1 heterocycles. The number of carboxylic acid groups (broad SMARTS) is 1. The fourth-order valence-electron chi connectivity index (χ4n) is 1.88. The predicted molar refractivity (Wildman–Crippen MR) is 57.5 cm³/mol. The number of ether oxygens (including phenoxy) is 2. The monoisotopic (exact) mass is 258 g/mol. The van der Waals surface area contributed by atoms with Crippen molar-refractivity contribution in [3.05, 3.63) is 29.3 Å². The van der Waals surface area contributed by atoms with E-state index in [0.717, 1.165) is 12.1 Å². The van der Waals surface area contributed by atoms with Gasteiger partial charge < -0.3 is 14.6 Å². The second-order valence-corrected chi connectivity index (χ2v) is 4.33. The Bertz CT molecular complexity index is 483. The maximum atomic E-state index is 13.7. The molecule has 0 aromatic heterocycles. The summed E-state index contributed by atoms with van der Waals surface area (Å²) < 4.78 is 36.7. The molecule has 0 amide bonds. The second kappa shape index (κ2) is 4.53. The molecule has 0 saturated carbocycles. The number of methoxy groups -OCH3 is 1. The molecule has 0 radical (unpaired) electrons. The number of carboxylic acids is 1. The van der Waals surface area contributed by atoms with Gasteiger partial charge in [-0.3, -0.25) is 4.79 Å². The van der Waals surface area contributed by atoms with Crippen LogP contribution >= 0.6 is 0 Å². The average Bonchev–Trinajstić information content (AvgIpc) is 2.26. The Morgan fingerprint density at radius 2 is 2.11 bits per heavy atom. The summed E-state index contributed by atoms with van der Waals surface area (Å²) in [5.74, 6) is -2.66. The third kappa shape index (κ3) is 2.03. The van der Waals surface area contributed by atoms with Crippen molar-refractivity contribution in [2.24, 2.45) is 5.41 Å². The standard InChI is InChI=1S/C12H12F2O4/c1-17-10-3-8(13)7(2-9(10)14)4-12(11(15)16)5-18-6-12/h2-3H,4-6H2,1H3,(H,15,16). The summed E-state index contributed by atoms with van der Waals surface area (Å²) in [5, 5.41) is 9.09. The molecule has 0 atom stereocenters. The topological polar surface area (TPSA) is 55.8 Å². The van der Waals surface area contributed by atoms with Crippen LogP contribution in [0.2, 0.25) is 0 Å². The average molecular weight is 258 g/mol. The van der Waals surface area contributed by atoms with E-state index in [-0.39, 0.29) is 30.9 Å². The van der Waals surface area contributed by atoms with E-state index < -0.39 is 23.0 Å². The normalized spacial score (nSPS) is 17.1. The highest BCUT2D eigenvalue weighted by Gasteiger charge is 2.46. The van der Waals surface area contributed by atoms with Gasteiger partial charge in [0.15, 0.2) is 11.6 Å². The summed E-state index contributed by atoms with van der Waals surface area (Å²) in [6.07, 6.45) is -0.102. The first-order valence-corrected chi connectivity index (χ1v) is 5.31. The number of rotatable bonds is 4. The van der Waals surface area contributed by atoms with Crippen molar-refractivity contribution in [3.63, 3.8) is 0 Å². The van der Waals surface area contributed by atoms with Crippen LogP contribution in [0.5, 0.6) is 5.75 Å². The van der Waals surface area contributed by atoms with Gasteiger partial charge in [-0.15, -0.1) is 0 Å². The largest absolute Gasteiger partial charge is 0.494 e. The zero-order valence-corrected chi connectivity index (χ0v) is 9.70. The predicted octanol–water partition coefficient (Wildman–Crippen LogP) is 1.62. The van der Waals surface area contributed by atoms with E-state index >= 15 is 0 Å². The van der Waals surface area contributed by atoms with Gasteiger partial charge in [0.05, 0.1) is 20.3 Å². The van der Waals surface area contributed by atoms with Crippen molar-refractivity contribution < 1.29 is 28.2 Å². The third-order valence-corrected chi connectivity index (χ3v) is 3.06. The molecule has 1 aliphatic heterocycles. The first-order chi connectivity index (χ1) is 8.48. The van der Waals surface area contributed by atoms with Crippen LogP contribution in [-0.2, 0) is 16.0 Å². The quantitative estimate of drug-likeness (QED) is 0.891. The van der Waals surface area contributed by atoms with Crippen molar-refractivity contribution in [2.45, 2.75) is 6.42 Å². The van der Waals surface area contributed by atoms with Gasteiger partial charge >= 0.3 is 5.97 Å². The fraction of sp³-hybridized carbons (Fsp3) is 0.417. The summed E-state index contributed by atoms with van der Waals surface area (Å²) >= 11 is 0. The Morgan fingerprint density at radius 1 is 1.44 bits per heavy atom. The van der Waals surface area contributed by atoms with E-state index in [0.29, 0.717) is 0 Å². The maximum Gasteiger partial charge on any atom is 0.314 e. The summed E-state index contributed by atoms with van der Waals surface area (Å²) in [6.45, 7) is 0.0187. The second-order valence-electron chi connectivity index (χ2n) is 4.33. The smallest absolute Gasteiger partial charge is 0.314 e.